The van der Waals surface area contributed by atoms with Crippen molar-refractivity contribution in [2.24, 2.45) is 0 Å². The summed E-state index contributed by atoms with van der Waals surface area (Å²) in [5.41, 5.74) is 0.955. The standard InChI is InChI=1S/C21H27NO4/c23-20-14-8-1-2-9-15-22(16-10-3-4-11-17-25-20)21(24)26-18-19-12-6-5-7-13-19/h5-7,12-13H,1-4,8,10-11,14,16-18H2. The van der Waals surface area contributed by atoms with E-state index in [0.717, 1.165) is 44.1 Å². The Bertz CT molecular complexity index is 618. The summed E-state index contributed by atoms with van der Waals surface area (Å²) in [6.07, 6.45) is 5.89. The Morgan fingerprint density at radius 1 is 1.08 bits per heavy atom. The van der Waals surface area contributed by atoms with Crippen LogP contribution >= 0.6 is 0 Å². The lowest BCUT2D eigenvalue weighted by Gasteiger charge is -2.15. The summed E-state index contributed by atoms with van der Waals surface area (Å²) in [5, 5.41) is 0. The Hall–Kier alpha value is -2.48. The summed E-state index contributed by atoms with van der Waals surface area (Å²) in [4.78, 5) is 25.3. The smallest absolute Gasteiger partial charge is 0.421 e. The Labute approximate surface area is 155 Å². The van der Waals surface area contributed by atoms with Gasteiger partial charge < -0.3 is 9.47 Å². The van der Waals surface area contributed by atoms with Crippen molar-refractivity contribution in [1.29, 1.82) is 0 Å². The van der Waals surface area contributed by atoms with Gasteiger partial charge >= 0.3 is 12.1 Å². The summed E-state index contributed by atoms with van der Waals surface area (Å²) in [5.74, 6) is 2.90. The zero-order valence-corrected chi connectivity index (χ0v) is 15.2. The molecular weight excluding hydrogens is 330 g/mol. The van der Waals surface area contributed by atoms with Crippen LogP contribution in [0.3, 0.4) is 0 Å². The van der Waals surface area contributed by atoms with Crippen molar-refractivity contribution in [3.05, 3.63) is 35.9 Å². The van der Waals surface area contributed by atoms with Gasteiger partial charge in [0.15, 0.2) is 0 Å². The van der Waals surface area contributed by atoms with Crippen LogP contribution in [0.15, 0.2) is 30.3 Å². The highest BCUT2D eigenvalue weighted by Crippen LogP contribution is 2.08. The lowest BCUT2D eigenvalue weighted by atomic mass is 10.2. The molecule has 1 aliphatic rings. The summed E-state index contributed by atoms with van der Waals surface area (Å²) in [6.45, 7) is 1.29. The van der Waals surface area contributed by atoms with Gasteiger partial charge in [-0.2, -0.15) is 0 Å². The molecule has 0 fully saturated rings. The molecule has 0 N–H and O–H groups in total. The molecule has 0 bridgehead atoms. The summed E-state index contributed by atoms with van der Waals surface area (Å²) in [6, 6.07) is 12.5. The molecule has 1 aromatic carbocycles. The predicted octanol–water partition coefficient (Wildman–Crippen LogP) is 4.26. The molecule has 140 valence electrons. The highest BCUT2D eigenvalue weighted by Gasteiger charge is 2.13. The second-order valence-corrected chi connectivity index (χ2v) is 6.32. The quantitative estimate of drug-likeness (QED) is 0.586. The van der Waals surface area contributed by atoms with Gasteiger partial charge in [-0.3, -0.25) is 4.79 Å². The van der Waals surface area contributed by atoms with E-state index in [-0.39, 0.29) is 12.6 Å². The first-order valence-electron chi connectivity index (χ1n) is 9.38. The zero-order valence-electron chi connectivity index (χ0n) is 15.2. The highest BCUT2D eigenvalue weighted by atomic mass is 16.6. The molecule has 0 radical (unpaired) electrons. The molecule has 0 atom stereocenters. The van der Waals surface area contributed by atoms with Gasteiger partial charge in [-0.25, -0.2) is 9.69 Å². The molecule has 0 aliphatic carbocycles. The van der Waals surface area contributed by atoms with Gasteiger partial charge in [0.1, 0.15) is 6.61 Å². The number of nitrogens with zero attached hydrogens (tertiary/aromatic N) is 1. The molecule has 26 heavy (non-hydrogen) atoms. The van der Waals surface area contributed by atoms with Crippen molar-refractivity contribution in [2.75, 3.05) is 13.2 Å². The average Bonchev–Trinajstić information content (AvgIpc) is 2.67. The average molecular weight is 357 g/mol. The number of carbonyl (C=O) groups excluding carboxylic acids is 2. The topological polar surface area (TPSA) is 55.8 Å². The third-order valence-corrected chi connectivity index (χ3v) is 4.11. The van der Waals surface area contributed by atoms with Crippen molar-refractivity contribution < 1.29 is 19.1 Å². The van der Waals surface area contributed by atoms with Crippen LogP contribution in [-0.2, 0) is 20.9 Å². The highest BCUT2D eigenvalue weighted by molar-refractivity contribution is 5.70. The number of hydrogen-bond donors (Lipinski definition) is 0. The fourth-order valence-electron chi connectivity index (χ4n) is 2.61. The number of carbonyl (C=O) groups is 2. The van der Waals surface area contributed by atoms with Gasteiger partial charge in [0.2, 0.25) is 0 Å². The van der Waals surface area contributed by atoms with Crippen molar-refractivity contribution in [3.8, 4) is 12.0 Å². The molecule has 0 aromatic heterocycles. The van der Waals surface area contributed by atoms with E-state index in [0.29, 0.717) is 26.0 Å². The molecule has 5 heteroatoms. The third kappa shape index (κ3) is 8.06. The number of amides is 1. The van der Waals surface area contributed by atoms with Gasteiger partial charge in [0.25, 0.3) is 0 Å². The first-order valence-corrected chi connectivity index (χ1v) is 9.38. The molecule has 1 aliphatic heterocycles. The SMILES string of the molecule is O=C1CCCCC#CN(C(=O)OCc2ccccc2)CCCCCCO1. The van der Waals surface area contributed by atoms with E-state index in [2.05, 4.69) is 12.0 Å². The minimum Gasteiger partial charge on any atom is -0.466 e. The maximum Gasteiger partial charge on any atom is 0.421 e. The molecule has 1 amide bonds. The predicted molar refractivity (Wildman–Crippen MR) is 99.0 cm³/mol. The fourth-order valence-corrected chi connectivity index (χ4v) is 2.61. The van der Waals surface area contributed by atoms with E-state index in [1.165, 1.54) is 4.90 Å². The van der Waals surface area contributed by atoms with Crippen molar-refractivity contribution >= 4 is 12.1 Å². The second-order valence-electron chi connectivity index (χ2n) is 6.32. The summed E-state index contributed by atoms with van der Waals surface area (Å²) in [7, 11) is 0. The molecular formula is C21H27NO4. The zero-order chi connectivity index (χ0) is 18.5. The number of rotatable bonds is 2. The van der Waals surface area contributed by atoms with Crippen LogP contribution in [0.1, 0.15) is 56.9 Å². The lowest BCUT2D eigenvalue weighted by Crippen LogP contribution is -2.28. The maximum absolute atomic E-state index is 12.3. The van der Waals surface area contributed by atoms with Crippen molar-refractivity contribution in [2.45, 2.75) is 58.0 Å². The fraction of sp³-hybridized carbons (Fsp3) is 0.524. The van der Waals surface area contributed by atoms with Crippen LogP contribution in [-0.4, -0.2) is 30.1 Å². The minimum atomic E-state index is -0.399. The van der Waals surface area contributed by atoms with E-state index >= 15 is 0 Å². The van der Waals surface area contributed by atoms with Crippen LogP contribution in [0.25, 0.3) is 0 Å². The van der Waals surface area contributed by atoms with Crippen LogP contribution in [0, 0.1) is 12.0 Å². The first-order chi connectivity index (χ1) is 12.8. The van der Waals surface area contributed by atoms with Crippen LogP contribution in [0.4, 0.5) is 4.79 Å². The van der Waals surface area contributed by atoms with Gasteiger partial charge in [-0.1, -0.05) is 42.7 Å². The summed E-state index contributed by atoms with van der Waals surface area (Å²) < 4.78 is 10.6. The lowest BCUT2D eigenvalue weighted by molar-refractivity contribution is -0.143. The van der Waals surface area contributed by atoms with Crippen molar-refractivity contribution in [1.82, 2.24) is 4.90 Å². The van der Waals surface area contributed by atoms with Crippen molar-refractivity contribution in [3.63, 3.8) is 0 Å². The molecule has 5 nitrogen and oxygen atoms in total. The Balaban J connectivity index is 1.87. The molecule has 0 saturated carbocycles. The molecule has 1 aromatic rings. The second kappa shape index (κ2) is 12.0. The minimum absolute atomic E-state index is 0.126. The first kappa shape index (κ1) is 19.8. The largest absolute Gasteiger partial charge is 0.466 e. The molecule has 0 saturated heterocycles. The van der Waals surface area contributed by atoms with E-state index in [4.69, 9.17) is 9.47 Å². The number of benzene rings is 1. The monoisotopic (exact) mass is 357 g/mol. The van der Waals surface area contributed by atoms with E-state index in [9.17, 15) is 9.59 Å². The molecule has 0 spiro atoms. The number of hydrogen-bond acceptors (Lipinski definition) is 4. The van der Waals surface area contributed by atoms with E-state index in [1.807, 2.05) is 30.3 Å². The Morgan fingerprint density at radius 3 is 2.73 bits per heavy atom. The molecule has 0 unspecified atom stereocenters. The number of cyclic esters (lactones) is 1. The van der Waals surface area contributed by atoms with Crippen LogP contribution < -0.4 is 0 Å². The third-order valence-electron chi connectivity index (χ3n) is 4.11. The van der Waals surface area contributed by atoms with Gasteiger partial charge in [-0.05, 0) is 37.7 Å². The van der Waals surface area contributed by atoms with Crippen LogP contribution in [0.2, 0.25) is 0 Å². The number of ether oxygens (including phenoxy) is 2. The van der Waals surface area contributed by atoms with Gasteiger partial charge in [-0.15, -0.1) is 0 Å². The normalized spacial score (nSPS) is 17.1. The van der Waals surface area contributed by atoms with E-state index in [1.54, 1.807) is 0 Å². The summed E-state index contributed by atoms with van der Waals surface area (Å²) >= 11 is 0. The van der Waals surface area contributed by atoms with Crippen LogP contribution in [0.5, 0.6) is 0 Å². The molecule has 1 heterocycles. The maximum atomic E-state index is 12.3. The Kier molecular flexibility index (Phi) is 9.13. The number of esters is 1. The van der Waals surface area contributed by atoms with Gasteiger partial charge in [0, 0.05) is 25.4 Å². The molecule has 2 rings (SSSR count). The van der Waals surface area contributed by atoms with Gasteiger partial charge in [0.05, 0.1) is 6.61 Å². The van der Waals surface area contributed by atoms with E-state index < -0.39 is 6.09 Å². The Morgan fingerprint density at radius 2 is 1.88 bits per heavy atom.